The minimum Gasteiger partial charge on any atom is -0.497 e. The van der Waals surface area contributed by atoms with Crippen LogP contribution in [0.1, 0.15) is 29.2 Å². The van der Waals surface area contributed by atoms with Crippen molar-refractivity contribution < 1.29 is 17.9 Å². The van der Waals surface area contributed by atoms with E-state index < -0.39 is 16.1 Å². The normalized spacial score (nSPS) is 12.5. The van der Waals surface area contributed by atoms with Crippen molar-refractivity contribution >= 4 is 21.6 Å². The van der Waals surface area contributed by atoms with Gasteiger partial charge in [0.2, 0.25) is 15.9 Å². The molecule has 26 heavy (non-hydrogen) atoms. The van der Waals surface area contributed by atoms with Gasteiger partial charge in [0.1, 0.15) is 5.75 Å². The quantitative estimate of drug-likeness (QED) is 0.778. The minimum atomic E-state index is -3.48. The number of methoxy groups -OCH3 is 1. The molecular formula is C19H24N2O4S. The van der Waals surface area contributed by atoms with E-state index in [1.807, 2.05) is 32.0 Å². The van der Waals surface area contributed by atoms with Gasteiger partial charge < -0.3 is 10.1 Å². The van der Waals surface area contributed by atoms with E-state index in [-0.39, 0.29) is 12.3 Å². The second-order valence-electron chi connectivity index (χ2n) is 6.22. The molecule has 0 saturated heterocycles. The summed E-state index contributed by atoms with van der Waals surface area (Å²) in [6, 6.07) is 11.9. The summed E-state index contributed by atoms with van der Waals surface area (Å²) in [7, 11) is -1.93. The number of benzene rings is 2. The number of carbonyl (C=O) groups is 1. The zero-order valence-electron chi connectivity index (χ0n) is 15.4. The number of carbonyl (C=O) groups excluding carboxylic acids is 1. The van der Waals surface area contributed by atoms with Crippen LogP contribution in [0.5, 0.6) is 5.75 Å². The van der Waals surface area contributed by atoms with E-state index in [9.17, 15) is 13.2 Å². The van der Waals surface area contributed by atoms with Crippen molar-refractivity contribution in [2.75, 3.05) is 18.7 Å². The molecule has 0 saturated carbocycles. The van der Waals surface area contributed by atoms with Gasteiger partial charge in [-0.05, 0) is 48.7 Å². The average Bonchev–Trinajstić information content (AvgIpc) is 2.57. The van der Waals surface area contributed by atoms with Crippen LogP contribution >= 0.6 is 0 Å². The van der Waals surface area contributed by atoms with Gasteiger partial charge in [-0.25, -0.2) is 13.1 Å². The summed E-state index contributed by atoms with van der Waals surface area (Å²) >= 11 is 0. The standard InChI is InChI=1S/C19H24N2O4S/c1-13-6-5-7-17(14(13)2)20-19(22)12-18(21-26(4,23)24)15-8-10-16(25-3)11-9-15/h5-11,18,21H,12H2,1-4H3,(H,20,22). The number of sulfonamides is 1. The highest BCUT2D eigenvalue weighted by Gasteiger charge is 2.20. The van der Waals surface area contributed by atoms with Gasteiger partial charge >= 0.3 is 0 Å². The van der Waals surface area contributed by atoms with Gasteiger partial charge in [-0.2, -0.15) is 0 Å². The minimum absolute atomic E-state index is 0.0211. The molecule has 1 amide bonds. The van der Waals surface area contributed by atoms with Crippen LogP contribution in [-0.2, 0) is 14.8 Å². The molecule has 0 aliphatic rings. The molecule has 7 heteroatoms. The Morgan fingerprint density at radius 3 is 2.35 bits per heavy atom. The third-order valence-corrected chi connectivity index (χ3v) is 4.86. The van der Waals surface area contributed by atoms with Crippen LogP contribution in [0, 0.1) is 13.8 Å². The number of aryl methyl sites for hydroxylation is 1. The summed E-state index contributed by atoms with van der Waals surface area (Å²) in [5.74, 6) is 0.391. The van der Waals surface area contributed by atoms with Gasteiger partial charge in [-0.3, -0.25) is 4.79 Å². The summed E-state index contributed by atoms with van der Waals surface area (Å²) < 4.78 is 31.1. The summed E-state index contributed by atoms with van der Waals surface area (Å²) in [5.41, 5.74) is 3.47. The van der Waals surface area contributed by atoms with Crippen molar-refractivity contribution in [3.63, 3.8) is 0 Å². The molecule has 2 aromatic rings. The topological polar surface area (TPSA) is 84.5 Å². The molecule has 140 valence electrons. The van der Waals surface area contributed by atoms with Gasteiger partial charge in [0.15, 0.2) is 0 Å². The van der Waals surface area contributed by atoms with Gasteiger partial charge in [0, 0.05) is 12.1 Å². The molecule has 0 radical (unpaired) electrons. The highest BCUT2D eigenvalue weighted by atomic mass is 32.2. The van der Waals surface area contributed by atoms with Crippen molar-refractivity contribution in [3.05, 3.63) is 59.2 Å². The Balaban J connectivity index is 2.19. The second kappa shape index (κ2) is 8.33. The van der Waals surface area contributed by atoms with Crippen LogP contribution < -0.4 is 14.8 Å². The van der Waals surface area contributed by atoms with Gasteiger partial charge in [0.05, 0.1) is 19.4 Å². The number of rotatable bonds is 7. The van der Waals surface area contributed by atoms with Crippen molar-refractivity contribution in [1.82, 2.24) is 4.72 Å². The first-order valence-corrected chi connectivity index (χ1v) is 10.1. The van der Waals surface area contributed by atoms with E-state index in [1.54, 1.807) is 31.4 Å². The number of nitrogens with one attached hydrogen (secondary N) is 2. The Labute approximate surface area is 154 Å². The molecule has 6 nitrogen and oxygen atoms in total. The maximum atomic E-state index is 12.5. The summed E-state index contributed by atoms with van der Waals surface area (Å²) in [5, 5.41) is 2.86. The Morgan fingerprint density at radius 1 is 1.12 bits per heavy atom. The molecule has 2 N–H and O–H groups in total. The lowest BCUT2D eigenvalue weighted by molar-refractivity contribution is -0.116. The van der Waals surface area contributed by atoms with Crippen molar-refractivity contribution in [2.24, 2.45) is 0 Å². The van der Waals surface area contributed by atoms with E-state index in [0.717, 1.165) is 23.1 Å². The van der Waals surface area contributed by atoms with Crippen LogP contribution in [0.3, 0.4) is 0 Å². The van der Waals surface area contributed by atoms with Crippen LogP contribution in [0.4, 0.5) is 5.69 Å². The average molecular weight is 376 g/mol. The lowest BCUT2D eigenvalue weighted by Crippen LogP contribution is -2.30. The first-order valence-electron chi connectivity index (χ1n) is 8.17. The summed E-state index contributed by atoms with van der Waals surface area (Å²) in [4.78, 5) is 12.5. The van der Waals surface area contributed by atoms with Crippen LogP contribution in [0.15, 0.2) is 42.5 Å². The Kier molecular flexibility index (Phi) is 6.39. The predicted molar refractivity (Wildman–Crippen MR) is 103 cm³/mol. The fourth-order valence-electron chi connectivity index (χ4n) is 2.60. The monoisotopic (exact) mass is 376 g/mol. The highest BCUT2D eigenvalue weighted by Crippen LogP contribution is 2.23. The van der Waals surface area contributed by atoms with Crippen LogP contribution in [-0.4, -0.2) is 27.7 Å². The maximum Gasteiger partial charge on any atom is 0.226 e. The summed E-state index contributed by atoms with van der Waals surface area (Å²) in [6.07, 6.45) is 1.05. The first kappa shape index (κ1) is 19.9. The Bertz CT molecular complexity index is 877. The zero-order chi connectivity index (χ0) is 19.3. The van der Waals surface area contributed by atoms with E-state index >= 15 is 0 Å². The third kappa shape index (κ3) is 5.57. The third-order valence-electron chi connectivity index (χ3n) is 4.14. The van der Waals surface area contributed by atoms with E-state index in [2.05, 4.69) is 10.0 Å². The van der Waals surface area contributed by atoms with Gasteiger partial charge in [-0.1, -0.05) is 24.3 Å². The van der Waals surface area contributed by atoms with Crippen molar-refractivity contribution in [2.45, 2.75) is 26.3 Å². The lowest BCUT2D eigenvalue weighted by atomic mass is 10.0. The number of ether oxygens (including phenoxy) is 1. The molecule has 2 rings (SSSR count). The number of hydrogen-bond donors (Lipinski definition) is 2. The molecule has 0 aliphatic carbocycles. The fourth-order valence-corrected chi connectivity index (χ4v) is 3.33. The smallest absolute Gasteiger partial charge is 0.226 e. The molecule has 0 aliphatic heterocycles. The molecule has 0 spiro atoms. The number of hydrogen-bond acceptors (Lipinski definition) is 4. The molecule has 1 unspecified atom stereocenters. The Morgan fingerprint density at radius 2 is 1.77 bits per heavy atom. The molecule has 0 aromatic heterocycles. The number of amides is 1. The molecule has 0 fully saturated rings. The molecule has 1 atom stereocenters. The van der Waals surface area contributed by atoms with Crippen molar-refractivity contribution in [3.8, 4) is 5.75 Å². The molecular weight excluding hydrogens is 352 g/mol. The van der Waals surface area contributed by atoms with Gasteiger partial charge in [0.25, 0.3) is 0 Å². The van der Waals surface area contributed by atoms with E-state index in [1.165, 1.54) is 0 Å². The van der Waals surface area contributed by atoms with Crippen molar-refractivity contribution in [1.29, 1.82) is 0 Å². The fraction of sp³-hybridized carbons (Fsp3) is 0.316. The maximum absolute atomic E-state index is 12.5. The molecule has 0 heterocycles. The Hall–Kier alpha value is -2.38. The number of anilines is 1. The lowest BCUT2D eigenvalue weighted by Gasteiger charge is -2.19. The van der Waals surface area contributed by atoms with Crippen LogP contribution in [0.2, 0.25) is 0 Å². The van der Waals surface area contributed by atoms with Crippen LogP contribution in [0.25, 0.3) is 0 Å². The van der Waals surface area contributed by atoms with Gasteiger partial charge in [-0.15, -0.1) is 0 Å². The van der Waals surface area contributed by atoms with E-state index in [4.69, 9.17) is 4.74 Å². The zero-order valence-corrected chi connectivity index (χ0v) is 16.2. The summed E-state index contributed by atoms with van der Waals surface area (Å²) in [6.45, 7) is 3.90. The molecule has 2 aromatic carbocycles. The second-order valence-corrected chi connectivity index (χ2v) is 8.00. The predicted octanol–water partition coefficient (Wildman–Crippen LogP) is 2.93. The first-order chi connectivity index (χ1) is 12.2. The largest absolute Gasteiger partial charge is 0.497 e. The SMILES string of the molecule is COc1ccc(C(CC(=O)Nc2cccc(C)c2C)NS(C)(=O)=O)cc1. The van der Waals surface area contributed by atoms with E-state index in [0.29, 0.717) is 11.3 Å². The highest BCUT2D eigenvalue weighted by molar-refractivity contribution is 7.88. The molecule has 0 bridgehead atoms.